The number of hydrogen-bond donors (Lipinski definition) is 1. The molecule has 1 aliphatic rings. The highest BCUT2D eigenvalue weighted by Crippen LogP contribution is 2.00. The molecule has 0 aliphatic carbocycles. The molecule has 0 aromatic rings. The van der Waals surface area contributed by atoms with Gasteiger partial charge in [0, 0.05) is 0 Å². The normalized spacial score (nSPS) is 22.3. The molecule has 1 unspecified atom stereocenters. The zero-order valence-corrected chi connectivity index (χ0v) is 6.94. The van der Waals surface area contributed by atoms with Crippen LogP contribution in [0, 0.1) is 0 Å². The number of amides is 1. The first-order valence-corrected chi connectivity index (χ1v) is 3.87. The van der Waals surface area contributed by atoms with Crippen molar-refractivity contribution in [3.05, 3.63) is 0 Å². The first-order chi connectivity index (χ1) is 4.83. The van der Waals surface area contributed by atoms with E-state index in [-0.39, 0.29) is 12.2 Å². The number of ether oxygens (including phenoxy) is 1. The number of carbonyl (C=O) groups excluding carboxylic acids is 1. The Morgan fingerprint density at radius 3 is 2.60 bits per heavy atom. The Balaban J connectivity index is 0.000000371. The minimum atomic E-state index is -0.365. The summed E-state index contributed by atoms with van der Waals surface area (Å²) in [6.07, 6.45) is -0.486. The summed E-state index contributed by atoms with van der Waals surface area (Å²) < 4.78 is 4.63. The van der Waals surface area contributed by atoms with Gasteiger partial charge in [0.2, 0.25) is 0 Å². The smallest absolute Gasteiger partial charge is 0.407 e. The quantitative estimate of drug-likeness (QED) is 0.596. The second kappa shape index (κ2) is 5.35. The number of nitrogens with one attached hydrogen (secondary N) is 1. The Kier molecular flexibility index (Phi) is 5.12. The molecule has 1 N–H and O–H groups in total. The van der Waals surface area contributed by atoms with Gasteiger partial charge in [-0.2, -0.15) is 0 Å². The molecule has 1 amide bonds. The summed E-state index contributed by atoms with van der Waals surface area (Å²) >= 11 is 5.36. The van der Waals surface area contributed by atoms with Crippen LogP contribution in [0.1, 0.15) is 13.8 Å². The summed E-state index contributed by atoms with van der Waals surface area (Å²) in [7, 11) is 0. The topological polar surface area (TPSA) is 38.3 Å². The van der Waals surface area contributed by atoms with E-state index in [1.54, 1.807) is 0 Å². The van der Waals surface area contributed by atoms with Gasteiger partial charge in [-0.25, -0.2) is 4.79 Å². The molecular formula is C6H12ClNO2. The van der Waals surface area contributed by atoms with Gasteiger partial charge in [-0.1, -0.05) is 13.8 Å². The third-order valence-electron chi connectivity index (χ3n) is 0.920. The molecule has 1 heterocycles. The van der Waals surface area contributed by atoms with Crippen molar-refractivity contribution in [1.82, 2.24) is 5.32 Å². The van der Waals surface area contributed by atoms with Crippen molar-refractivity contribution in [2.24, 2.45) is 0 Å². The molecule has 1 aliphatic heterocycles. The molecule has 60 valence electrons. The van der Waals surface area contributed by atoms with E-state index in [2.05, 4.69) is 10.1 Å². The fourth-order valence-corrected chi connectivity index (χ4v) is 0.690. The molecular weight excluding hydrogens is 154 g/mol. The maximum absolute atomic E-state index is 10.2. The Bertz CT molecular complexity index is 108. The highest BCUT2D eigenvalue weighted by atomic mass is 35.5. The van der Waals surface area contributed by atoms with E-state index in [4.69, 9.17) is 11.6 Å². The SMILES string of the molecule is CC.O=C1NCC(CCl)O1. The molecule has 0 saturated carbocycles. The molecule has 3 nitrogen and oxygen atoms in total. The number of carbonyl (C=O) groups is 1. The molecule has 10 heavy (non-hydrogen) atoms. The van der Waals surface area contributed by atoms with Crippen LogP contribution in [0.2, 0.25) is 0 Å². The van der Waals surface area contributed by atoms with Crippen molar-refractivity contribution in [2.45, 2.75) is 20.0 Å². The minimum Gasteiger partial charge on any atom is -0.443 e. The molecule has 1 saturated heterocycles. The van der Waals surface area contributed by atoms with Crippen molar-refractivity contribution in [2.75, 3.05) is 12.4 Å². The average molecular weight is 166 g/mol. The van der Waals surface area contributed by atoms with E-state index >= 15 is 0 Å². The third kappa shape index (κ3) is 2.92. The van der Waals surface area contributed by atoms with Crippen molar-refractivity contribution in [1.29, 1.82) is 0 Å². The van der Waals surface area contributed by atoms with Crippen LogP contribution in [0.4, 0.5) is 4.79 Å². The monoisotopic (exact) mass is 165 g/mol. The lowest BCUT2D eigenvalue weighted by Gasteiger charge is -1.97. The molecule has 0 bridgehead atoms. The summed E-state index contributed by atoms with van der Waals surface area (Å²) in [5, 5.41) is 2.47. The fraction of sp³-hybridized carbons (Fsp3) is 0.833. The van der Waals surface area contributed by atoms with Gasteiger partial charge < -0.3 is 10.1 Å². The lowest BCUT2D eigenvalue weighted by Crippen LogP contribution is -2.15. The first-order valence-electron chi connectivity index (χ1n) is 3.33. The third-order valence-corrected chi connectivity index (χ3v) is 1.26. The zero-order valence-electron chi connectivity index (χ0n) is 6.19. The number of alkyl carbamates (subject to hydrolysis) is 1. The van der Waals surface area contributed by atoms with Crippen molar-refractivity contribution in [3.8, 4) is 0 Å². The molecule has 0 radical (unpaired) electrons. The summed E-state index contributed by atoms with van der Waals surface area (Å²) in [5.41, 5.74) is 0. The van der Waals surface area contributed by atoms with Crippen LogP contribution in [0.5, 0.6) is 0 Å². The zero-order chi connectivity index (χ0) is 7.98. The Morgan fingerprint density at radius 2 is 2.40 bits per heavy atom. The van der Waals surface area contributed by atoms with Crippen LogP contribution >= 0.6 is 11.6 Å². The Labute approximate surface area is 65.7 Å². The molecule has 1 rings (SSSR count). The number of alkyl halides is 1. The van der Waals surface area contributed by atoms with E-state index in [0.29, 0.717) is 12.4 Å². The maximum Gasteiger partial charge on any atom is 0.407 e. The molecule has 0 aromatic heterocycles. The van der Waals surface area contributed by atoms with Crippen LogP contribution < -0.4 is 5.32 Å². The van der Waals surface area contributed by atoms with Gasteiger partial charge in [0.1, 0.15) is 6.10 Å². The first kappa shape index (κ1) is 9.56. The maximum atomic E-state index is 10.2. The molecule has 0 aromatic carbocycles. The molecule has 0 spiro atoms. The second-order valence-corrected chi connectivity index (χ2v) is 1.87. The van der Waals surface area contributed by atoms with Gasteiger partial charge >= 0.3 is 6.09 Å². The lowest BCUT2D eigenvalue weighted by atomic mass is 10.4. The molecule has 1 atom stereocenters. The minimum absolute atomic E-state index is 0.121. The van der Waals surface area contributed by atoms with E-state index in [0.717, 1.165) is 0 Å². The summed E-state index contributed by atoms with van der Waals surface area (Å²) in [6, 6.07) is 0. The second-order valence-electron chi connectivity index (χ2n) is 1.56. The van der Waals surface area contributed by atoms with Gasteiger partial charge in [-0.05, 0) is 0 Å². The van der Waals surface area contributed by atoms with Crippen LogP contribution in [-0.4, -0.2) is 24.6 Å². The van der Waals surface area contributed by atoms with Crippen LogP contribution in [0.25, 0.3) is 0 Å². The predicted molar refractivity (Wildman–Crippen MR) is 40.3 cm³/mol. The highest BCUT2D eigenvalue weighted by Gasteiger charge is 2.20. The molecule has 4 heteroatoms. The summed E-state index contributed by atoms with van der Waals surface area (Å²) in [5.74, 6) is 0.374. The number of halogens is 1. The van der Waals surface area contributed by atoms with Crippen molar-refractivity contribution in [3.63, 3.8) is 0 Å². The van der Waals surface area contributed by atoms with Gasteiger partial charge in [-0.15, -0.1) is 11.6 Å². The van der Waals surface area contributed by atoms with Gasteiger partial charge in [0.25, 0.3) is 0 Å². The highest BCUT2D eigenvalue weighted by molar-refractivity contribution is 6.18. The summed E-state index contributed by atoms with van der Waals surface area (Å²) in [4.78, 5) is 10.2. The van der Waals surface area contributed by atoms with Gasteiger partial charge in [0.05, 0.1) is 12.4 Å². The van der Waals surface area contributed by atoms with Crippen LogP contribution in [0.15, 0.2) is 0 Å². The van der Waals surface area contributed by atoms with E-state index in [1.165, 1.54) is 0 Å². The molecule has 1 fully saturated rings. The van der Waals surface area contributed by atoms with Crippen LogP contribution in [0.3, 0.4) is 0 Å². The Morgan fingerprint density at radius 1 is 1.80 bits per heavy atom. The van der Waals surface area contributed by atoms with E-state index in [1.807, 2.05) is 13.8 Å². The summed E-state index contributed by atoms with van der Waals surface area (Å²) in [6.45, 7) is 4.54. The van der Waals surface area contributed by atoms with E-state index in [9.17, 15) is 4.79 Å². The van der Waals surface area contributed by atoms with Crippen LogP contribution in [-0.2, 0) is 4.74 Å². The van der Waals surface area contributed by atoms with E-state index < -0.39 is 0 Å². The fourth-order valence-electron chi connectivity index (χ4n) is 0.518. The predicted octanol–water partition coefficient (Wildman–Crippen LogP) is 1.36. The number of cyclic esters (lactones) is 1. The lowest BCUT2D eigenvalue weighted by molar-refractivity contribution is 0.149. The standard InChI is InChI=1S/C4H6ClNO2.C2H6/c5-1-3-2-6-4(7)8-3;1-2/h3H,1-2H2,(H,6,7);1-2H3. The van der Waals surface area contributed by atoms with Crippen molar-refractivity contribution < 1.29 is 9.53 Å². The average Bonchev–Trinajstić information content (AvgIpc) is 2.40. The largest absolute Gasteiger partial charge is 0.443 e. The van der Waals surface area contributed by atoms with Crippen molar-refractivity contribution >= 4 is 17.7 Å². The van der Waals surface area contributed by atoms with Gasteiger partial charge in [0.15, 0.2) is 0 Å². The number of rotatable bonds is 1. The number of hydrogen-bond acceptors (Lipinski definition) is 2. The van der Waals surface area contributed by atoms with Gasteiger partial charge in [-0.3, -0.25) is 0 Å². The Hall–Kier alpha value is -0.440.